The van der Waals surface area contributed by atoms with E-state index >= 15 is 0 Å². The molecule has 0 aliphatic carbocycles. The molecule has 0 aliphatic heterocycles. The average Bonchev–Trinajstić information content (AvgIpc) is 2.67. The van der Waals surface area contributed by atoms with Crippen molar-refractivity contribution in [3.05, 3.63) is 18.2 Å². The van der Waals surface area contributed by atoms with Crippen LogP contribution in [0.2, 0.25) is 0 Å². The van der Waals surface area contributed by atoms with Crippen LogP contribution >= 0.6 is 0 Å². The molecule has 1 aromatic heterocycles. The fourth-order valence-electron chi connectivity index (χ4n) is 1.44. The van der Waals surface area contributed by atoms with Crippen LogP contribution in [-0.2, 0) is 6.54 Å². The molecular formula is C11H19N3O. The molecule has 1 aromatic rings. The molecule has 0 saturated heterocycles. The van der Waals surface area contributed by atoms with Gasteiger partial charge >= 0.3 is 0 Å². The second-order valence-corrected chi connectivity index (χ2v) is 3.54. The number of carbonyl (C=O) groups is 1. The molecule has 84 valence electrons. The van der Waals surface area contributed by atoms with E-state index in [0.717, 1.165) is 25.9 Å². The third-order valence-corrected chi connectivity index (χ3v) is 2.14. The van der Waals surface area contributed by atoms with Crippen molar-refractivity contribution in [2.45, 2.75) is 33.2 Å². The third kappa shape index (κ3) is 3.47. The molecule has 0 unspecified atom stereocenters. The Labute approximate surface area is 90.7 Å². The van der Waals surface area contributed by atoms with E-state index in [9.17, 15) is 4.79 Å². The van der Waals surface area contributed by atoms with E-state index in [1.54, 1.807) is 6.20 Å². The van der Waals surface area contributed by atoms with Crippen molar-refractivity contribution in [1.29, 1.82) is 0 Å². The quantitative estimate of drug-likeness (QED) is 0.546. The number of nitrogens with one attached hydrogen (secondary N) is 1. The highest BCUT2D eigenvalue weighted by atomic mass is 16.1. The monoisotopic (exact) mass is 209 g/mol. The van der Waals surface area contributed by atoms with Crippen LogP contribution in [0.4, 0.5) is 0 Å². The largest absolute Gasteiger partial charge is 0.328 e. The Balaban J connectivity index is 2.53. The van der Waals surface area contributed by atoms with Gasteiger partial charge in [-0.25, -0.2) is 4.98 Å². The number of aryl methyl sites for hydroxylation is 1. The molecule has 1 heterocycles. The summed E-state index contributed by atoms with van der Waals surface area (Å²) in [5, 5.41) is 3.09. The number of aromatic nitrogens is 2. The Morgan fingerprint density at radius 2 is 2.27 bits per heavy atom. The second-order valence-electron chi connectivity index (χ2n) is 3.54. The molecule has 15 heavy (non-hydrogen) atoms. The Morgan fingerprint density at radius 1 is 1.47 bits per heavy atom. The number of carbonyl (C=O) groups excluding carboxylic acids is 1. The van der Waals surface area contributed by atoms with Gasteiger partial charge < -0.3 is 9.88 Å². The lowest BCUT2D eigenvalue weighted by molar-refractivity contribution is 0.0977. The van der Waals surface area contributed by atoms with Gasteiger partial charge in [-0.3, -0.25) is 4.79 Å². The van der Waals surface area contributed by atoms with Crippen LogP contribution in [0.5, 0.6) is 0 Å². The highest BCUT2D eigenvalue weighted by Crippen LogP contribution is 2.00. The van der Waals surface area contributed by atoms with Gasteiger partial charge in [0.25, 0.3) is 0 Å². The van der Waals surface area contributed by atoms with E-state index in [0.29, 0.717) is 12.4 Å². The van der Waals surface area contributed by atoms with Gasteiger partial charge in [-0.1, -0.05) is 13.8 Å². The van der Waals surface area contributed by atoms with Crippen LogP contribution in [0.25, 0.3) is 0 Å². The number of nitrogens with zero attached hydrogens (tertiary/aromatic N) is 2. The van der Waals surface area contributed by atoms with Gasteiger partial charge in [0.1, 0.15) is 0 Å². The lowest BCUT2D eigenvalue weighted by Gasteiger charge is -2.05. The first kappa shape index (κ1) is 11.9. The molecule has 1 rings (SSSR count). The lowest BCUT2D eigenvalue weighted by Crippen LogP contribution is -2.26. The predicted octanol–water partition coefficient (Wildman–Crippen LogP) is 1.48. The van der Waals surface area contributed by atoms with Crippen LogP contribution in [0.3, 0.4) is 0 Å². The zero-order chi connectivity index (χ0) is 11.1. The highest BCUT2D eigenvalue weighted by Gasteiger charge is 2.11. The predicted molar refractivity (Wildman–Crippen MR) is 60.0 cm³/mol. The molecule has 0 aromatic carbocycles. The molecule has 0 aliphatic rings. The summed E-state index contributed by atoms with van der Waals surface area (Å²) < 4.78 is 1.91. The van der Waals surface area contributed by atoms with Gasteiger partial charge in [-0.15, -0.1) is 0 Å². The molecule has 0 amide bonds. The van der Waals surface area contributed by atoms with Crippen molar-refractivity contribution in [2.75, 3.05) is 13.1 Å². The van der Waals surface area contributed by atoms with Crippen LogP contribution in [-0.4, -0.2) is 28.4 Å². The summed E-state index contributed by atoms with van der Waals surface area (Å²) >= 11 is 0. The van der Waals surface area contributed by atoms with E-state index in [4.69, 9.17) is 0 Å². The van der Waals surface area contributed by atoms with Crippen LogP contribution in [0.1, 0.15) is 37.3 Å². The van der Waals surface area contributed by atoms with Crippen molar-refractivity contribution in [1.82, 2.24) is 14.9 Å². The molecule has 1 N–H and O–H groups in total. The summed E-state index contributed by atoms with van der Waals surface area (Å²) in [5.74, 6) is 0.641. The minimum absolute atomic E-state index is 0.0712. The topological polar surface area (TPSA) is 46.9 Å². The number of rotatable bonds is 7. The van der Waals surface area contributed by atoms with Gasteiger partial charge in [-0.2, -0.15) is 0 Å². The molecular weight excluding hydrogens is 190 g/mol. The van der Waals surface area contributed by atoms with E-state index in [1.807, 2.05) is 10.8 Å². The van der Waals surface area contributed by atoms with Crippen LogP contribution in [0.15, 0.2) is 12.4 Å². The number of hydrogen-bond acceptors (Lipinski definition) is 3. The standard InChI is InChI=1S/C11H19N3O/c1-3-5-12-9-10(15)11-13-6-8-14(11)7-4-2/h6,8,12H,3-5,7,9H2,1-2H3. The van der Waals surface area contributed by atoms with E-state index in [-0.39, 0.29) is 5.78 Å². The SMILES string of the molecule is CCCNCC(=O)c1nccn1CCC. The van der Waals surface area contributed by atoms with Crippen molar-refractivity contribution in [3.8, 4) is 0 Å². The summed E-state index contributed by atoms with van der Waals surface area (Å²) in [6.07, 6.45) is 5.59. The summed E-state index contributed by atoms with van der Waals surface area (Å²) in [4.78, 5) is 15.8. The number of hydrogen-bond donors (Lipinski definition) is 1. The summed E-state index contributed by atoms with van der Waals surface area (Å²) in [5.41, 5.74) is 0. The number of ketones is 1. The Morgan fingerprint density at radius 3 is 2.93 bits per heavy atom. The Kier molecular flexibility index (Phi) is 5.04. The second kappa shape index (κ2) is 6.35. The first-order valence-electron chi connectivity index (χ1n) is 5.54. The first-order valence-corrected chi connectivity index (χ1v) is 5.54. The summed E-state index contributed by atoms with van der Waals surface area (Å²) in [6.45, 7) is 6.28. The number of Topliss-reactive ketones (excluding diaryl/α,β-unsaturated/α-hetero) is 1. The zero-order valence-corrected chi connectivity index (χ0v) is 9.49. The molecule has 0 saturated carbocycles. The minimum Gasteiger partial charge on any atom is -0.328 e. The Bertz CT molecular complexity index is 307. The molecule has 4 heteroatoms. The normalized spacial score (nSPS) is 10.5. The maximum Gasteiger partial charge on any atom is 0.211 e. The molecule has 0 bridgehead atoms. The fraction of sp³-hybridized carbons (Fsp3) is 0.636. The van der Waals surface area contributed by atoms with Crippen LogP contribution in [0, 0.1) is 0 Å². The van der Waals surface area contributed by atoms with Gasteiger partial charge in [0, 0.05) is 18.9 Å². The third-order valence-electron chi connectivity index (χ3n) is 2.14. The van der Waals surface area contributed by atoms with Gasteiger partial charge in [0.05, 0.1) is 6.54 Å². The van der Waals surface area contributed by atoms with E-state index in [2.05, 4.69) is 24.1 Å². The smallest absolute Gasteiger partial charge is 0.211 e. The Hall–Kier alpha value is -1.16. The lowest BCUT2D eigenvalue weighted by atomic mass is 10.3. The average molecular weight is 209 g/mol. The highest BCUT2D eigenvalue weighted by molar-refractivity contribution is 5.94. The van der Waals surface area contributed by atoms with Gasteiger partial charge in [0.2, 0.25) is 5.78 Å². The summed E-state index contributed by atoms with van der Waals surface area (Å²) in [6, 6.07) is 0. The molecule has 0 spiro atoms. The van der Waals surface area contributed by atoms with Gasteiger partial charge in [-0.05, 0) is 19.4 Å². The van der Waals surface area contributed by atoms with E-state index < -0.39 is 0 Å². The minimum atomic E-state index is 0.0712. The zero-order valence-electron chi connectivity index (χ0n) is 9.49. The number of imidazole rings is 1. The summed E-state index contributed by atoms with van der Waals surface area (Å²) in [7, 11) is 0. The van der Waals surface area contributed by atoms with Gasteiger partial charge in [0.15, 0.2) is 5.82 Å². The maximum atomic E-state index is 11.7. The first-order chi connectivity index (χ1) is 7.29. The van der Waals surface area contributed by atoms with Crippen LogP contribution < -0.4 is 5.32 Å². The van der Waals surface area contributed by atoms with E-state index in [1.165, 1.54) is 0 Å². The molecule has 0 radical (unpaired) electrons. The molecule has 4 nitrogen and oxygen atoms in total. The van der Waals surface area contributed by atoms with Crippen molar-refractivity contribution in [2.24, 2.45) is 0 Å². The molecule has 0 atom stereocenters. The van der Waals surface area contributed by atoms with Crippen molar-refractivity contribution < 1.29 is 4.79 Å². The van der Waals surface area contributed by atoms with Crippen molar-refractivity contribution >= 4 is 5.78 Å². The molecule has 0 fully saturated rings. The van der Waals surface area contributed by atoms with Crippen molar-refractivity contribution in [3.63, 3.8) is 0 Å². The fourth-order valence-corrected chi connectivity index (χ4v) is 1.44. The maximum absolute atomic E-state index is 11.7.